The summed E-state index contributed by atoms with van der Waals surface area (Å²) >= 11 is 0. The zero-order chi connectivity index (χ0) is 12.0. The molecule has 0 aliphatic carbocycles. The van der Waals surface area contributed by atoms with Crippen LogP contribution in [0.15, 0.2) is 24.3 Å². The molecule has 0 unspecified atom stereocenters. The number of rotatable bonds is 5. The molecule has 0 spiro atoms. The van der Waals surface area contributed by atoms with Crippen molar-refractivity contribution in [1.82, 2.24) is 0 Å². The van der Waals surface area contributed by atoms with E-state index in [9.17, 15) is 0 Å². The van der Waals surface area contributed by atoms with E-state index in [0.717, 1.165) is 31.0 Å². The maximum atomic E-state index is 5.69. The van der Waals surface area contributed by atoms with E-state index in [2.05, 4.69) is 39.1 Å². The molecule has 0 radical (unpaired) electrons. The van der Waals surface area contributed by atoms with Crippen molar-refractivity contribution in [2.75, 3.05) is 18.5 Å². The molecular formula is C14H23NO. The van der Waals surface area contributed by atoms with E-state index in [1.807, 2.05) is 18.2 Å². The van der Waals surface area contributed by atoms with E-state index in [1.54, 1.807) is 0 Å². The molecule has 0 fully saturated rings. The minimum absolute atomic E-state index is 0.276. The predicted molar refractivity (Wildman–Crippen MR) is 70.2 cm³/mol. The largest absolute Gasteiger partial charge is 0.491 e. The van der Waals surface area contributed by atoms with Gasteiger partial charge in [0.2, 0.25) is 0 Å². The molecule has 90 valence electrons. The highest BCUT2D eigenvalue weighted by Gasteiger charge is 2.10. The van der Waals surface area contributed by atoms with Gasteiger partial charge in [0.25, 0.3) is 0 Å². The first-order valence-electron chi connectivity index (χ1n) is 5.98. The first kappa shape index (κ1) is 12.9. The summed E-state index contributed by atoms with van der Waals surface area (Å²) in [5.74, 6) is 0.952. The molecule has 0 aliphatic rings. The van der Waals surface area contributed by atoms with E-state index >= 15 is 0 Å². The lowest BCUT2D eigenvalue weighted by molar-refractivity contribution is 0.318. The number of hydrogen-bond donors (Lipinski definition) is 1. The van der Waals surface area contributed by atoms with E-state index < -0.39 is 0 Å². The number of hydrogen-bond acceptors (Lipinski definition) is 2. The number of ether oxygens (including phenoxy) is 1. The van der Waals surface area contributed by atoms with Crippen LogP contribution in [0, 0.1) is 5.41 Å². The van der Waals surface area contributed by atoms with E-state index in [4.69, 9.17) is 4.74 Å². The summed E-state index contributed by atoms with van der Waals surface area (Å²) in [6, 6.07) is 8.12. The molecule has 1 aromatic carbocycles. The molecular weight excluding hydrogens is 198 g/mol. The van der Waals surface area contributed by atoms with E-state index in [1.165, 1.54) is 0 Å². The summed E-state index contributed by atoms with van der Waals surface area (Å²) in [6.07, 6.45) is 1.04. The standard InChI is InChI=1S/C14H23NO/c1-5-10-16-13-9-7-6-8-12(13)15-11-14(2,3)4/h6-9,15H,5,10-11H2,1-4H3. The first-order chi connectivity index (χ1) is 7.53. The highest BCUT2D eigenvalue weighted by atomic mass is 16.5. The average Bonchev–Trinajstić information content (AvgIpc) is 2.23. The van der Waals surface area contributed by atoms with E-state index in [-0.39, 0.29) is 5.41 Å². The lowest BCUT2D eigenvalue weighted by Crippen LogP contribution is -2.19. The second kappa shape index (κ2) is 5.78. The van der Waals surface area contributed by atoms with Crippen LogP contribution in [0.5, 0.6) is 5.75 Å². The van der Waals surface area contributed by atoms with Crippen LogP contribution in [0.3, 0.4) is 0 Å². The molecule has 0 aromatic heterocycles. The van der Waals surface area contributed by atoms with Crippen molar-refractivity contribution in [3.8, 4) is 5.75 Å². The van der Waals surface area contributed by atoms with Gasteiger partial charge in [0.15, 0.2) is 0 Å². The van der Waals surface area contributed by atoms with Crippen molar-refractivity contribution >= 4 is 5.69 Å². The fourth-order valence-corrected chi connectivity index (χ4v) is 1.31. The van der Waals surface area contributed by atoms with Crippen molar-refractivity contribution < 1.29 is 4.74 Å². The highest BCUT2D eigenvalue weighted by Crippen LogP contribution is 2.25. The van der Waals surface area contributed by atoms with Crippen molar-refractivity contribution in [2.24, 2.45) is 5.41 Å². The Morgan fingerprint density at radius 3 is 2.50 bits per heavy atom. The number of anilines is 1. The van der Waals surface area contributed by atoms with Gasteiger partial charge in [-0.1, -0.05) is 39.8 Å². The van der Waals surface area contributed by atoms with Crippen LogP contribution in [0.2, 0.25) is 0 Å². The monoisotopic (exact) mass is 221 g/mol. The molecule has 0 bridgehead atoms. The Balaban J connectivity index is 2.63. The van der Waals surface area contributed by atoms with Crippen LogP contribution in [0.4, 0.5) is 5.69 Å². The second-order valence-electron chi connectivity index (χ2n) is 5.26. The van der Waals surface area contributed by atoms with Gasteiger partial charge >= 0.3 is 0 Å². The van der Waals surface area contributed by atoms with Crippen LogP contribution in [0.1, 0.15) is 34.1 Å². The fourth-order valence-electron chi connectivity index (χ4n) is 1.31. The normalized spacial score (nSPS) is 11.2. The number of nitrogens with one attached hydrogen (secondary N) is 1. The summed E-state index contributed by atoms with van der Waals surface area (Å²) in [6.45, 7) is 10.5. The summed E-state index contributed by atoms with van der Waals surface area (Å²) in [5.41, 5.74) is 1.36. The third-order valence-electron chi connectivity index (χ3n) is 2.16. The topological polar surface area (TPSA) is 21.3 Å². The Bertz CT molecular complexity index is 315. The van der Waals surface area contributed by atoms with Gasteiger partial charge in [-0.25, -0.2) is 0 Å². The van der Waals surface area contributed by atoms with Crippen LogP contribution < -0.4 is 10.1 Å². The average molecular weight is 221 g/mol. The molecule has 0 saturated heterocycles. The van der Waals surface area contributed by atoms with Gasteiger partial charge in [-0.05, 0) is 24.0 Å². The Morgan fingerprint density at radius 2 is 1.88 bits per heavy atom. The van der Waals surface area contributed by atoms with Crippen LogP contribution in [0.25, 0.3) is 0 Å². The van der Waals surface area contributed by atoms with Gasteiger partial charge in [0.05, 0.1) is 12.3 Å². The molecule has 0 heterocycles. The molecule has 0 amide bonds. The molecule has 0 atom stereocenters. The van der Waals surface area contributed by atoms with Crippen LogP contribution >= 0.6 is 0 Å². The molecule has 16 heavy (non-hydrogen) atoms. The minimum Gasteiger partial charge on any atom is -0.491 e. The third kappa shape index (κ3) is 4.56. The van der Waals surface area contributed by atoms with Gasteiger partial charge in [-0.3, -0.25) is 0 Å². The van der Waals surface area contributed by atoms with Gasteiger partial charge in [-0.15, -0.1) is 0 Å². The Morgan fingerprint density at radius 1 is 1.19 bits per heavy atom. The molecule has 1 N–H and O–H groups in total. The minimum atomic E-state index is 0.276. The Labute approximate surface area is 99.0 Å². The number of para-hydroxylation sites is 2. The smallest absolute Gasteiger partial charge is 0.142 e. The molecule has 0 aliphatic heterocycles. The second-order valence-corrected chi connectivity index (χ2v) is 5.26. The van der Waals surface area contributed by atoms with E-state index in [0.29, 0.717) is 0 Å². The first-order valence-corrected chi connectivity index (χ1v) is 5.98. The SMILES string of the molecule is CCCOc1ccccc1NCC(C)(C)C. The van der Waals surface area contributed by atoms with Gasteiger partial charge in [0, 0.05) is 6.54 Å². The summed E-state index contributed by atoms with van der Waals surface area (Å²) in [4.78, 5) is 0. The predicted octanol–water partition coefficient (Wildman–Crippen LogP) is 3.93. The third-order valence-corrected chi connectivity index (χ3v) is 2.16. The Hall–Kier alpha value is -1.18. The summed E-state index contributed by atoms with van der Waals surface area (Å²) in [7, 11) is 0. The van der Waals surface area contributed by atoms with Gasteiger partial charge < -0.3 is 10.1 Å². The van der Waals surface area contributed by atoms with Gasteiger partial charge in [0.1, 0.15) is 5.75 Å². The highest BCUT2D eigenvalue weighted by molar-refractivity contribution is 5.56. The molecule has 1 rings (SSSR count). The van der Waals surface area contributed by atoms with Crippen molar-refractivity contribution in [1.29, 1.82) is 0 Å². The fraction of sp³-hybridized carbons (Fsp3) is 0.571. The molecule has 2 nitrogen and oxygen atoms in total. The Kier molecular flexibility index (Phi) is 4.66. The van der Waals surface area contributed by atoms with Crippen molar-refractivity contribution in [3.05, 3.63) is 24.3 Å². The summed E-state index contributed by atoms with van der Waals surface area (Å²) < 4.78 is 5.69. The number of benzene rings is 1. The lowest BCUT2D eigenvalue weighted by atomic mass is 9.97. The summed E-state index contributed by atoms with van der Waals surface area (Å²) in [5, 5.41) is 3.44. The molecule has 0 saturated carbocycles. The zero-order valence-corrected chi connectivity index (χ0v) is 10.8. The van der Waals surface area contributed by atoms with Crippen molar-refractivity contribution in [2.45, 2.75) is 34.1 Å². The van der Waals surface area contributed by atoms with Gasteiger partial charge in [-0.2, -0.15) is 0 Å². The molecule has 1 aromatic rings. The maximum absolute atomic E-state index is 5.69. The molecule has 2 heteroatoms. The lowest BCUT2D eigenvalue weighted by Gasteiger charge is -2.21. The van der Waals surface area contributed by atoms with Crippen molar-refractivity contribution in [3.63, 3.8) is 0 Å². The quantitative estimate of drug-likeness (QED) is 0.813. The van der Waals surface area contributed by atoms with Crippen LogP contribution in [-0.4, -0.2) is 13.2 Å². The maximum Gasteiger partial charge on any atom is 0.142 e. The van der Waals surface area contributed by atoms with Crippen LogP contribution in [-0.2, 0) is 0 Å². The zero-order valence-electron chi connectivity index (χ0n) is 10.8.